The van der Waals surface area contributed by atoms with E-state index in [-0.39, 0.29) is 11.7 Å². The van der Waals surface area contributed by atoms with Crippen molar-refractivity contribution in [1.29, 1.82) is 0 Å². The summed E-state index contributed by atoms with van der Waals surface area (Å²) in [6.07, 6.45) is 5.74. The lowest BCUT2D eigenvalue weighted by Crippen LogP contribution is -2.14. The van der Waals surface area contributed by atoms with Gasteiger partial charge in [0.25, 0.3) is 5.91 Å². The smallest absolute Gasteiger partial charge is 0.295 e. The van der Waals surface area contributed by atoms with Gasteiger partial charge in [-0.25, -0.2) is 4.98 Å². The molecule has 1 aromatic heterocycles. The third kappa shape index (κ3) is 2.09. The highest BCUT2D eigenvalue weighted by atomic mass is 16.2. The molecule has 1 heterocycles. The molecule has 2 N–H and O–H groups in total. The van der Waals surface area contributed by atoms with Crippen molar-refractivity contribution >= 4 is 11.6 Å². The molecule has 0 spiro atoms. The molecule has 20 heavy (non-hydrogen) atoms. The number of fused-ring (bicyclic) bond motifs is 1. The number of carbonyl (C=O) groups is 1. The minimum atomic E-state index is -0.244. The van der Waals surface area contributed by atoms with Gasteiger partial charge in [0.15, 0.2) is 0 Å². The fraction of sp³-hybridized carbons (Fsp3) is 0.400. The molecule has 0 aliphatic heterocycles. The predicted molar refractivity (Wildman–Crippen MR) is 74.8 cm³/mol. The average molecular weight is 268 g/mol. The summed E-state index contributed by atoms with van der Waals surface area (Å²) >= 11 is 0. The second-order valence-electron chi connectivity index (χ2n) is 5.61. The standard InChI is InChI=1S/C15H16N4O/c20-15(14-17-13(18-19-14)10-4-5-10)16-12-7-6-9-2-1-3-11(9)8-12/h6-8,10H,1-5H2,(H,16,20)(H,17,18,19). The zero-order valence-corrected chi connectivity index (χ0v) is 11.1. The maximum atomic E-state index is 12.1. The van der Waals surface area contributed by atoms with E-state index in [4.69, 9.17) is 0 Å². The van der Waals surface area contributed by atoms with Crippen LogP contribution in [0.3, 0.4) is 0 Å². The summed E-state index contributed by atoms with van der Waals surface area (Å²) in [6, 6.07) is 6.12. The number of amides is 1. The van der Waals surface area contributed by atoms with E-state index in [0.29, 0.717) is 5.92 Å². The van der Waals surface area contributed by atoms with E-state index in [1.807, 2.05) is 6.07 Å². The molecular weight excluding hydrogens is 252 g/mol. The number of hydrogen-bond donors (Lipinski definition) is 2. The Morgan fingerprint density at radius 1 is 1.25 bits per heavy atom. The van der Waals surface area contributed by atoms with Crippen LogP contribution in [-0.2, 0) is 12.8 Å². The Labute approximate surface area is 116 Å². The Morgan fingerprint density at radius 2 is 2.10 bits per heavy atom. The minimum absolute atomic E-state index is 0.229. The van der Waals surface area contributed by atoms with Gasteiger partial charge in [-0.1, -0.05) is 6.07 Å². The predicted octanol–water partition coefficient (Wildman–Crippen LogP) is 2.42. The van der Waals surface area contributed by atoms with Crippen molar-refractivity contribution in [1.82, 2.24) is 15.2 Å². The molecule has 5 heteroatoms. The zero-order valence-electron chi connectivity index (χ0n) is 11.1. The number of aromatic nitrogens is 3. The van der Waals surface area contributed by atoms with Gasteiger partial charge in [0.2, 0.25) is 5.82 Å². The first-order valence-corrected chi connectivity index (χ1v) is 7.15. The average Bonchev–Trinajstić information content (AvgIpc) is 3.01. The molecule has 0 saturated heterocycles. The second-order valence-corrected chi connectivity index (χ2v) is 5.61. The molecule has 1 saturated carbocycles. The van der Waals surface area contributed by atoms with Crippen LogP contribution in [0.15, 0.2) is 18.2 Å². The quantitative estimate of drug-likeness (QED) is 0.898. The Bertz CT molecular complexity index is 672. The number of aryl methyl sites for hydroxylation is 2. The molecule has 1 amide bonds. The van der Waals surface area contributed by atoms with Gasteiger partial charge in [-0.15, -0.1) is 5.10 Å². The molecule has 2 aliphatic rings. The van der Waals surface area contributed by atoms with E-state index in [2.05, 4.69) is 32.6 Å². The zero-order chi connectivity index (χ0) is 13.5. The molecular formula is C15H16N4O. The van der Waals surface area contributed by atoms with Crippen LogP contribution in [0.4, 0.5) is 5.69 Å². The van der Waals surface area contributed by atoms with Crippen molar-refractivity contribution in [3.8, 4) is 0 Å². The molecule has 1 aromatic carbocycles. The van der Waals surface area contributed by atoms with Crippen LogP contribution in [0.5, 0.6) is 0 Å². The van der Waals surface area contributed by atoms with Crippen molar-refractivity contribution in [2.45, 2.75) is 38.0 Å². The number of anilines is 1. The highest BCUT2D eigenvalue weighted by molar-refractivity contribution is 6.01. The van der Waals surface area contributed by atoms with Gasteiger partial charge < -0.3 is 5.32 Å². The van der Waals surface area contributed by atoms with Crippen LogP contribution < -0.4 is 5.32 Å². The first kappa shape index (κ1) is 11.6. The number of H-pyrrole nitrogens is 1. The largest absolute Gasteiger partial charge is 0.319 e. The van der Waals surface area contributed by atoms with Gasteiger partial charge in [0, 0.05) is 11.6 Å². The van der Waals surface area contributed by atoms with Crippen molar-refractivity contribution in [2.24, 2.45) is 0 Å². The maximum absolute atomic E-state index is 12.1. The number of nitrogens with zero attached hydrogens (tertiary/aromatic N) is 2. The summed E-state index contributed by atoms with van der Waals surface area (Å²) in [5.41, 5.74) is 3.57. The van der Waals surface area contributed by atoms with Gasteiger partial charge in [0.1, 0.15) is 5.82 Å². The lowest BCUT2D eigenvalue weighted by atomic mass is 10.1. The van der Waals surface area contributed by atoms with E-state index >= 15 is 0 Å². The normalized spacial score (nSPS) is 17.0. The van der Waals surface area contributed by atoms with Gasteiger partial charge in [-0.05, 0) is 55.4 Å². The third-order valence-electron chi connectivity index (χ3n) is 4.03. The van der Waals surface area contributed by atoms with Crippen molar-refractivity contribution < 1.29 is 4.79 Å². The summed E-state index contributed by atoms with van der Waals surface area (Å²) in [4.78, 5) is 16.4. The lowest BCUT2D eigenvalue weighted by molar-refractivity contribution is 0.101. The van der Waals surface area contributed by atoms with Gasteiger partial charge in [-0.3, -0.25) is 9.89 Å². The minimum Gasteiger partial charge on any atom is -0.319 e. The summed E-state index contributed by atoms with van der Waals surface area (Å²) in [5.74, 6) is 1.30. The van der Waals surface area contributed by atoms with Gasteiger partial charge in [-0.2, -0.15) is 0 Å². The van der Waals surface area contributed by atoms with E-state index in [0.717, 1.165) is 37.2 Å². The maximum Gasteiger partial charge on any atom is 0.295 e. The Hall–Kier alpha value is -2.17. The molecule has 102 valence electrons. The molecule has 1 fully saturated rings. The number of nitrogens with one attached hydrogen (secondary N) is 2. The highest BCUT2D eigenvalue weighted by Crippen LogP contribution is 2.37. The number of carbonyl (C=O) groups excluding carboxylic acids is 1. The van der Waals surface area contributed by atoms with Crippen LogP contribution in [0.2, 0.25) is 0 Å². The molecule has 2 aliphatic carbocycles. The number of hydrogen-bond acceptors (Lipinski definition) is 3. The SMILES string of the molecule is O=C(Nc1ccc2c(c1)CCC2)c1n[nH]c(C2CC2)n1. The Kier molecular flexibility index (Phi) is 2.58. The summed E-state index contributed by atoms with van der Waals surface area (Å²) < 4.78 is 0. The molecule has 0 atom stereocenters. The van der Waals surface area contributed by atoms with Crippen LogP contribution in [0.25, 0.3) is 0 Å². The Morgan fingerprint density at radius 3 is 2.95 bits per heavy atom. The lowest BCUT2D eigenvalue weighted by Gasteiger charge is -2.05. The van der Waals surface area contributed by atoms with Crippen LogP contribution in [-0.4, -0.2) is 21.1 Å². The van der Waals surface area contributed by atoms with Crippen molar-refractivity contribution in [3.05, 3.63) is 41.0 Å². The third-order valence-corrected chi connectivity index (χ3v) is 4.03. The summed E-state index contributed by atoms with van der Waals surface area (Å²) in [7, 11) is 0. The van der Waals surface area contributed by atoms with E-state index in [9.17, 15) is 4.79 Å². The second kappa shape index (κ2) is 4.44. The highest BCUT2D eigenvalue weighted by Gasteiger charge is 2.28. The molecule has 0 unspecified atom stereocenters. The molecule has 0 radical (unpaired) electrons. The van der Waals surface area contributed by atoms with Crippen molar-refractivity contribution in [2.75, 3.05) is 5.32 Å². The molecule has 0 bridgehead atoms. The van der Waals surface area contributed by atoms with Crippen LogP contribution >= 0.6 is 0 Å². The topological polar surface area (TPSA) is 70.7 Å². The van der Waals surface area contributed by atoms with E-state index in [1.165, 1.54) is 17.5 Å². The Balaban J connectivity index is 1.51. The molecule has 5 nitrogen and oxygen atoms in total. The first-order valence-electron chi connectivity index (χ1n) is 7.15. The molecule has 4 rings (SSSR count). The van der Waals surface area contributed by atoms with Crippen molar-refractivity contribution in [3.63, 3.8) is 0 Å². The monoisotopic (exact) mass is 268 g/mol. The van der Waals surface area contributed by atoms with Gasteiger partial charge in [0.05, 0.1) is 0 Å². The number of benzene rings is 1. The van der Waals surface area contributed by atoms with Gasteiger partial charge >= 0.3 is 0 Å². The number of rotatable bonds is 3. The fourth-order valence-electron chi connectivity index (χ4n) is 2.75. The summed E-state index contributed by atoms with van der Waals surface area (Å²) in [6.45, 7) is 0. The first-order chi connectivity index (χ1) is 9.79. The number of aromatic amines is 1. The molecule has 2 aromatic rings. The summed E-state index contributed by atoms with van der Waals surface area (Å²) in [5, 5.41) is 9.73. The van der Waals surface area contributed by atoms with Crippen LogP contribution in [0, 0.1) is 0 Å². The van der Waals surface area contributed by atoms with Crippen LogP contribution in [0.1, 0.15) is 52.8 Å². The fourth-order valence-corrected chi connectivity index (χ4v) is 2.75. The van der Waals surface area contributed by atoms with E-state index in [1.54, 1.807) is 0 Å². The van der Waals surface area contributed by atoms with E-state index < -0.39 is 0 Å².